The largest absolute Gasteiger partial charge is 0.378 e. The highest BCUT2D eigenvalue weighted by Gasteiger charge is 2.30. The summed E-state index contributed by atoms with van der Waals surface area (Å²) >= 11 is 0. The summed E-state index contributed by atoms with van der Waals surface area (Å²) in [6.45, 7) is 6.86. The van der Waals surface area contributed by atoms with Gasteiger partial charge in [0.25, 0.3) is 0 Å². The molecule has 0 unspecified atom stereocenters. The molecule has 0 radical (unpaired) electrons. The molecule has 0 spiro atoms. The monoisotopic (exact) mass is 525 g/mol. The van der Waals surface area contributed by atoms with Crippen LogP contribution in [0.1, 0.15) is 48.2 Å². The van der Waals surface area contributed by atoms with Crippen LogP contribution in [0.2, 0.25) is 0 Å². The first-order valence-corrected chi connectivity index (χ1v) is 14.4. The summed E-state index contributed by atoms with van der Waals surface area (Å²) < 4.78 is 5.62. The van der Waals surface area contributed by atoms with E-state index in [-0.39, 0.29) is 6.04 Å². The molecule has 2 aromatic carbocycles. The third-order valence-corrected chi connectivity index (χ3v) is 8.27. The van der Waals surface area contributed by atoms with Crippen molar-refractivity contribution in [2.45, 2.75) is 51.2 Å². The molecule has 3 aromatic rings. The minimum absolute atomic E-state index is 0.0314. The van der Waals surface area contributed by atoms with E-state index in [1.54, 1.807) is 0 Å². The van der Waals surface area contributed by atoms with E-state index < -0.39 is 0 Å². The molecule has 0 saturated carbocycles. The molecule has 7 rings (SSSR count). The van der Waals surface area contributed by atoms with Crippen molar-refractivity contribution in [3.05, 3.63) is 77.2 Å². The Labute approximate surface area is 231 Å². The number of Topliss-reactive ketones (excluding diaryl/α,β-unsaturated/α-hetero) is 1. The molecule has 4 aliphatic heterocycles. The number of hydrogen-bond acceptors (Lipinski definition) is 7. The SMILES string of the molecule is CN1CCCC(=O)[C@H]2CCCN2Cc2cc(cc(N3CCOCC3)c2)Cc2nccc(n2)-c2ccc(cc2)C1. The normalized spacial score (nSPS) is 21.6. The Kier molecular flexibility index (Phi) is 8.00. The van der Waals surface area contributed by atoms with Gasteiger partial charge in [0.1, 0.15) is 11.6 Å². The predicted molar refractivity (Wildman–Crippen MR) is 154 cm³/mol. The van der Waals surface area contributed by atoms with E-state index in [0.29, 0.717) is 18.6 Å². The summed E-state index contributed by atoms with van der Waals surface area (Å²) in [5.41, 5.74) is 7.02. The lowest BCUT2D eigenvalue weighted by Crippen LogP contribution is -2.37. The number of ketones is 1. The number of ether oxygens (including phenoxy) is 1. The number of carbonyl (C=O) groups is 1. The number of anilines is 1. The van der Waals surface area contributed by atoms with E-state index >= 15 is 0 Å². The summed E-state index contributed by atoms with van der Waals surface area (Å²) in [5.74, 6) is 1.22. The fraction of sp³-hybridized carbons (Fsp3) is 0.469. The molecule has 0 amide bonds. The third-order valence-electron chi connectivity index (χ3n) is 8.27. The molecule has 5 heterocycles. The Balaban J connectivity index is 1.35. The molecule has 4 aliphatic rings. The Morgan fingerprint density at radius 3 is 2.54 bits per heavy atom. The van der Waals surface area contributed by atoms with Crippen LogP contribution in [0.4, 0.5) is 5.69 Å². The molecule has 2 saturated heterocycles. The van der Waals surface area contributed by atoms with Gasteiger partial charge in [-0.15, -0.1) is 0 Å². The molecule has 204 valence electrons. The summed E-state index contributed by atoms with van der Waals surface area (Å²) in [6.07, 6.45) is 6.15. The van der Waals surface area contributed by atoms with Gasteiger partial charge < -0.3 is 14.5 Å². The maximum atomic E-state index is 13.3. The number of fused-ring (bicyclic) bond motifs is 7. The van der Waals surface area contributed by atoms with Crippen molar-refractivity contribution < 1.29 is 9.53 Å². The van der Waals surface area contributed by atoms with Gasteiger partial charge >= 0.3 is 0 Å². The Morgan fingerprint density at radius 1 is 0.872 bits per heavy atom. The second-order valence-corrected chi connectivity index (χ2v) is 11.3. The fourth-order valence-electron chi connectivity index (χ4n) is 6.24. The van der Waals surface area contributed by atoms with E-state index in [9.17, 15) is 4.79 Å². The fourth-order valence-corrected chi connectivity index (χ4v) is 6.24. The quantitative estimate of drug-likeness (QED) is 0.469. The lowest BCUT2D eigenvalue weighted by atomic mass is 10.0. The Morgan fingerprint density at radius 2 is 1.69 bits per heavy atom. The van der Waals surface area contributed by atoms with Crippen LogP contribution in [-0.2, 0) is 29.0 Å². The number of hydrogen-bond donors (Lipinski definition) is 0. The first kappa shape index (κ1) is 26.1. The van der Waals surface area contributed by atoms with Crippen molar-refractivity contribution in [3.8, 4) is 11.3 Å². The van der Waals surface area contributed by atoms with Gasteiger partial charge in [0.2, 0.25) is 0 Å². The number of rotatable bonds is 1. The summed E-state index contributed by atoms with van der Waals surface area (Å²) in [4.78, 5) is 30.0. The maximum Gasteiger partial charge on any atom is 0.150 e. The summed E-state index contributed by atoms with van der Waals surface area (Å²) in [5, 5.41) is 0. The highest BCUT2D eigenvalue weighted by molar-refractivity contribution is 5.84. The minimum Gasteiger partial charge on any atom is -0.378 e. The number of aromatic nitrogens is 2. The van der Waals surface area contributed by atoms with Gasteiger partial charge in [-0.05, 0) is 74.3 Å². The average molecular weight is 526 g/mol. The summed E-state index contributed by atoms with van der Waals surface area (Å²) in [6, 6.07) is 17.6. The third kappa shape index (κ3) is 6.38. The minimum atomic E-state index is 0.0314. The molecule has 7 nitrogen and oxygen atoms in total. The van der Waals surface area contributed by atoms with Gasteiger partial charge in [0, 0.05) is 56.5 Å². The van der Waals surface area contributed by atoms with Crippen LogP contribution in [-0.4, -0.2) is 78.0 Å². The van der Waals surface area contributed by atoms with Gasteiger partial charge in [-0.25, -0.2) is 9.97 Å². The van der Waals surface area contributed by atoms with Crippen LogP contribution in [0.5, 0.6) is 0 Å². The molecule has 1 atom stereocenters. The van der Waals surface area contributed by atoms with Crippen molar-refractivity contribution in [1.82, 2.24) is 19.8 Å². The maximum absolute atomic E-state index is 13.3. The topological polar surface area (TPSA) is 61.8 Å². The average Bonchev–Trinajstić information content (AvgIpc) is 3.41. The zero-order valence-electron chi connectivity index (χ0n) is 23.0. The Hall–Kier alpha value is -3.13. The molecule has 0 N–H and O–H groups in total. The lowest BCUT2D eigenvalue weighted by molar-refractivity contribution is -0.123. The number of nitrogens with zero attached hydrogens (tertiary/aromatic N) is 5. The standard InChI is InChI=1S/C32H39N5O2/c1-35-12-3-5-31(38)30-4-2-13-37(30)23-26-18-25(19-28(20-26)36-14-16-39-17-15-36)21-32-33-11-10-29(34-32)27-8-6-24(22-35)7-9-27/h6-11,18-20,30H,2-5,12-17,21-23H2,1H3/t30-/m1/s1. The van der Waals surface area contributed by atoms with E-state index in [4.69, 9.17) is 9.72 Å². The van der Waals surface area contributed by atoms with Crippen LogP contribution < -0.4 is 4.90 Å². The lowest BCUT2D eigenvalue weighted by Gasteiger charge is -2.30. The van der Waals surface area contributed by atoms with Gasteiger partial charge in [-0.3, -0.25) is 9.69 Å². The molecule has 7 heteroatoms. The zero-order chi connectivity index (χ0) is 26.6. The van der Waals surface area contributed by atoms with Gasteiger partial charge in [0.15, 0.2) is 0 Å². The van der Waals surface area contributed by atoms with Crippen LogP contribution in [0.15, 0.2) is 54.7 Å². The van der Waals surface area contributed by atoms with E-state index in [1.807, 2.05) is 12.3 Å². The Bertz CT molecular complexity index is 1290. The van der Waals surface area contributed by atoms with Gasteiger partial charge in [-0.2, -0.15) is 0 Å². The molecular formula is C32H39N5O2. The van der Waals surface area contributed by atoms with E-state index in [0.717, 1.165) is 88.8 Å². The zero-order valence-corrected chi connectivity index (χ0v) is 23.0. The first-order valence-electron chi connectivity index (χ1n) is 14.4. The van der Waals surface area contributed by atoms with Gasteiger partial charge in [0.05, 0.1) is 24.9 Å². The van der Waals surface area contributed by atoms with Crippen molar-refractivity contribution in [3.63, 3.8) is 0 Å². The number of carbonyl (C=O) groups excluding carboxylic acids is 1. The highest BCUT2D eigenvalue weighted by Crippen LogP contribution is 2.27. The second kappa shape index (κ2) is 11.9. The molecule has 6 bridgehead atoms. The summed E-state index contributed by atoms with van der Waals surface area (Å²) in [7, 11) is 2.14. The van der Waals surface area contributed by atoms with Crippen molar-refractivity contribution >= 4 is 11.5 Å². The van der Waals surface area contributed by atoms with E-state index in [1.165, 1.54) is 22.4 Å². The smallest absolute Gasteiger partial charge is 0.150 e. The first-order chi connectivity index (χ1) is 19.1. The highest BCUT2D eigenvalue weighted by atomic mass is 16.5. The van der Waals surface area contributed by atoms with Crippen molar-refractivity contribution in [1.29, 1.82) is 0 Å². The molecule has 1 aromatic heterocycles. The second-order valence-electron chi connectivity index (χ2n) is 11.3. The molecular weight excluding hydrogens is 486 g/mol. The number of benzene rings is 2. The van der Waals surface area contributed by atoms with Crippen LogP contribution in [0.25, 0.3) is 11.3 Å². The molecule has 2 fully saturated rings. The predicted octanol–water partition coefficient (Wildman–Crippen LogP) is 4.33. The molecule has 0 aliphatic carbocycles. The van der Waals surface area contributed by atoms with Crippen molar-refractivity contribution in [2.24, 2.45) is 0 Å². The number of morpholine rings is 1. The van der Waals surface area contributed by atoms with E-state index in [2.05, 4.69) is 69.2 Å². The van der Waals surface area contributed by atoms with Crippen molar-refractivity contribution in [2.75, 3.05) is 51.3 Å². The van der Waals surface area contributed by atoms with Crippen LogP contribution in [0.3, 0.4) is 0 Å². The van der Waals surface area contributed by atoms with Crippen LogP contribution >= 0.6 is 0 Å². The van der Waals surface area contributed by atoms with Gasteiger partial charge in [-0.1, -0.05) is 30.3 Å². The molecule has 39 heavy (non-hydrogen) atoms. The van der Waals surface area contributed by atoms with Crippen LogP contribution in [0, 0.1) is 0 Å².